The molecule has 86 valence electrons. The standard InChI is InChI=1S/C14H19NO/c1-10-6-7-14(15-9-10)13-5-3-4-12(8-13)11(2)16/h3-5,8,10,14-15H,6-7,9H2,1-2H3. The first kappa shape index (κ1) is 11.3. The zero-order chi connectivity index (χ0) is 11.5. The average molecular weight is 217 g/mol. The third-order valence-electron chi connectivity index (χ3n) is 3.36. The topological polar surface area (TPSA) is 29.1 Å². The van der Waals surface area contributed by atoms with E-state index >= 15 is 0 Å². The number of rotatable bonds is 2. The molecule has 1 fully saturated rings. The van der Waals surface area contributed by atoms with E-state index in [0.29, 0.717) is 6.04 Å². The van der Waals surface area contributed by atoms with Crippen molar-refractivity contribution in [1.29, 1.82) is 0 Å². The highest BCUT2D eigenvalue weighted by Gasteiger charge is 2.19. The molecule has 0 amide bonds. The quantitative estimate of drug-likeness (QED) is 0.772. The van der Waals surface area contributed by atoms with Crippen LogP contribution < -0.4 is 5.32 Å². The van der Waals surface area contributed by atoms with Crippen LogP contribution in [-0.2, 0) is 0 Å². The lowest BCUT2D eigenvalue weighted by molar-refractivity contribution is 0.101. The van der Waals surface area contributed by atoms with Gasteiger partial charge in [0.25, 0.3) is 0 Å². The number of nitrogens with one attached hydrogen (secondary N) is 1. The number of carbonyl (C=O) groups excluding carboxylic acids is 1. The zero-order valence-corrected chi connectivity index (χ0v) is 9.99. The number of piperidine rings is 1. The Hall–Kier alpha value is -1.15. The lowest BCUT2D eigenvalue weighted by Gasteiger charge is -2.28. The number of ketones is 1. The lowest BCUT2D eigenvalue weighted by Crippen LogP contribution is -2.31. The van der Waals surface area contributed by atoms with Gasteiger partial charge in [-0.1, -0.05) is 25.1 Å². The Morgan fingerprint density at radius 3 is 2.81 bits per heavy atom. The summed E-state index contributed by atoms with van der Waals surface area (Å²) in [5.41, 5.74) is 2.07. The van der Waals surface area contributed by atoms with Crippen molar-refractivity contribution in [3.8, 4) is 0 Å². The first-order chi connectivity index (χ1) is 7.66. The molecule has 2 unspecified atom stereocenters. The fraction of sp³-hybridized carbons (Fsp3) is 0.500. The minimum Gasteiger partial charge on any atom is -0.310 e. The molecule has 0 bridgehead atoms. The summed E-state index contributed by atoms with van der Waals surface area (Å²) >= 11 is 0. The van der Waals surface area contributed by atoms with Crippen molar-refractivity contribution in [2.45, 2.75) is 32.7 Å². The van der Waals surface area contributed by atoms with Gasteiger partial charge in [0.15, 0.2) is 5.78 Å². The minimum atomic E-state index is 0.144. The van der Waals surface area contributed by atoms with Crippen LogP contribution in [0.25, 0.3) is 0 Å². The van der Waals surface area contributed by atoms with E-state index in [2.05, 4.69) is 18.3 Å². The van der Waals surface area contributed by atoms with Crippen molar-refractivity contribution in [3.05, 3.63) is 35.4 Å². The van der Waals surface area contributed by atoms with Crippen molar-refractivity contribution in [2.24, 2.45) is 5.92 Å². The highest BCUT2D eigenvalue weighted by Crippen LogP contribution is 2.25. The fourth-order valence-electron chi connectivity index (χ4n) is 2.26. The maximum absolute atomic E-state index is 11.3. The van der Waals surface area contributed by atoms with Gasteiger partial charge in [-0.05, 0) is 43.9 Å². The molecule has 2 heteroatoms. The van der Waals surface area contributed by atoms with Crippen LogP contribution in [-0.4, -0.2) is 12.3 Å². The Kier molecular flexibility index (Phi) is 3.39. The van der Waals surface area contributed by atoms with Crippen molar-refractivity contribution >= 4 is 5.78 Å². The predicted octanol–water partition coefficient (Wildman–Crippen LogP) is 2.95. The van der Waals surface area contributed by atoms with E-state index < -0.39 is 0 Å². The number of hydrogen-bond acceptors (Lipinski definition) is 2. The van der Waals surface area contributed by atoms with E-state index in [1.54, 1.807) is 6.92 Å². The minimum absolute atomic E-state index is 0.144. The van der Waals surface area contributed by atoms with Gasteiger partial charge in [0, 0.05) is 11.6 Å². The average Bonchev–Trinajstić information content (AvgIpc) is 2.30. The van der Waals surface area contributed by atoms with Gasteiger partial charge in [0.2, 0.25) is 0 Å². The predicted molar refractivity (Wildman–Crippen MR) is 65.6 cm³/mol. The van der Waals surface area contributed by atoms with Crippen LogP contribution in [0.15, 0.2) is 24.3 Å². The maximum Gasteiger partial charge on any atom is 0.159 e. The number of hydrogen-bond donors (Lipinski definition) is 1. The van der Waals surface area contributed by atoms with E-state index in [4.69, 9.17) is 0 Å². The summed E-state index contributed by atoms with van der Waals surface area (Å²) in [6, 6.07) is 8.43. The molecular weight excluding hydrogens is 198 g/mol. The summed E-state index contributed by atoms with van der Waals surface area (Å²) in [5.74, 6) is 0.915. The van der Waals surface area contributed by atoms with E-state index in [1.807, 2.05) is 18.2 Å². The van der Waals surface area contributed by atoms with Gasteiger partial charge in [-0.15, -0.1) is 0 Å². The summed E-state index contributed by atoms with van der Waals surface area (Å²) < 4.78 is 0. The maximum atomic E-state index is 11.3. The van der Waals surface area contributed by atoms with Gasteiger partial charge >= 0.3 is 0 Å². The fourth-order valence-corrected chi connectivity index (χ4v) is 2.26. The number of Topliss-reactive ketones (excluding diaryl/α,β-unsaturated/α-hetero) is 1. The molecule has 1 aromatic rings. The van der Waals surface area contributed by atoms with Gasteiger partial charge in [0.05, 0.1) is 0 Å². The Morgan fingerprint density at radius 1 is 1.38 bits per heavy atom. The van der Waals surface area contributed by atoms with Crippen LogP contribution in [0.2, 0.25) is 0 Å². The van der Waals surface area contributed by atoms with Gasteiger partial charge in [-0.25, -0.2) is 0 Å². The molecule has 1 aromatic carbocycles. The summed E-state index contributed by atoms with van der Waals surface area (Å²) in [6.45, 7) is 4.97. The second-order valence-electron chi connectivity index (χ2n) is 4.83. The van der Waals surface area contributed by atoms with Gasteiger partial charge < -0.3 is 5.32 Å². The van der Waals surface area contributed by atoms with Crippen LogP contribution >= 0.6 is 0 Å². The van der Waals surface area contributed by atoms with Crippen LogP contribution in [0, 0.1) is 5.92 Å². The molecule has 2 atom stereocenters. The van der Waals surface area contributed by atoms with E-state index in [9.17, 15) is 4.79 Å². The lowest BCUT2D eigenvalue weighted by atomic mass is 9.91. The van der Waals surface area contributed by atoms with Crippen molar-refractivity contribution in [2.75, 3.05) is 6.54 Å². The first-order valence-electron chi connectivity index (χ1n) is 6.01. The largest absolute Gasteiger partial charge is 0.310 e. The van der Waals surface area contributed by atoms with Gasteiger partial charge in [0.1, 0.15) is 0 Å². The third kappa shape index (κ3) is 2.50. The molecule has 16 heavy (non-hydrogen) atoms. The van der Waals surface area contributed by atoms with Crippen LogP contribution in [0.3, 0.4) is 0 Å². The van der Waals surface area contributed by atoms with E-state index in [1.165, 1.54) is 18.4 Å². The van der Waals surface area contributed by atoms with Crippen molar-refractivity contribution in [1.82, 2.24) is 5.32 Å². The van der Waals surface area contributed by atoms with Gasteiger partial charge in [-0.3, -0.25) is 4.79 Å². The normalized spacial score (nSPS) is 25.4. The van der Waals surface area contributed by atoms with Crippen LogP contribution in [0.5, 0.6) is 0 Å². The smallest absolute Gasteiger partial charge is 0.159 e. The molecule has 1 aliphatic rings. The van der Waals surface area contributed by atoms with Crippen LogP contribution in [0.4, 0.5) is 0 Å². The number of carbonyl (C=O) groups is 1. The van der Waals surface area contributed by atoms with Crippen molar-refractivity contribution < 1.29 is 4.79 Å². The molecule has 2 nitrogen and oxygen atoms in total. The molecule has 0 spiro atoms. The highest BCUT2D eigenvalue weighted by atomic mass is 16.1. The van der Waals surface area contributed by atoms with Crippen LogP contribution in [0.1, 0.15) is 48.7 Å². The Balaban J connectivity index is 2.14. The molecule has 0 radical (unpaired) electrons. The SMILES string of the molecule is CC(=O)c1cccc(C2CCC(C)CN2)c1. The third-order valence-corrected chi connectivity index (χ3v) is 3.36. The van der Waals surface area contributed by atoms with E-state index in [0.717, 1.165) is 18.0 Å². The Morgan fingerprint density at radius 2 is 2.19 bits per heavy atom. The monoisotopic (exact) mass is 217 g/mol. The zero-order valence-electron chi connectivity index (χ0n) is 9.99. The summed E-state index contributed by atoms with van der Waals surface area (Å²) in [5, 5.41) is 3.54. The molecule has 0 saturated carbocycles. The second-order valence-corrected chi connectivity index (χ2v) is 4.83. The number of benzene rings is 1. The second kappa shape index (κ2) is 4.79. The van der Waals surface area contributed by atoms with Gasteiger partial charge in [-0.2, -0.15) is 0 Å². The van der Waals surface area contributed by atoms with Crippen molar-refractivity contribution in [3.63, 3.8) is 0 Å². The Bertz CT molecular complexity index is 378. The molecular formula is C14H19NO. The molecule has 1 N–H and O–H groups in total. The highest BCUT2D eigenvalue weighted by molar-refractivity contribution is 5.94. The van der Waals surface area contributed by atoms with E-state index in [-0.39, 0.29) is 5.78 Å². The summed E-state index contributed by atoms with van der Waals surface area (Å²) in [4.78, 5) is 11.3. The molecule has 1 saturated heterocycles. The molecule has 0 aliphatic carbocycles. The molecule has 1 heterocycles. The first-order valence-corrected chi connectivity index (χ1v) is 6.01. The molecule has 0 aromatic heterocycles. The summed E-state index contributed by atoms with van der Waals surface area (Å²) in [7, 11) is 0. The molecule has 1 aliphatic heterocycles. The Labute approximate surface area is 97.1 Å². The summed E-state index contributed by atoms with van der Waals surface area (Å²) in [6.07, 6.45) is 2.44. The molecule has 2 rings (SSSR count).